The van der Waals surface area contributed by atoms with E-state index in [1.54, 1.807) is 11.1 Å². The molecule has 6 rings (SSSR count). The Morgan fingerprint density at radius 3 is 2.45 bits per heavy atom. The Morgan fingerprint density at radius 1 is 1.00 bits per heavy atom. The van der Waals surface area contributed by atoms with Gasteiger partial charge in [0, 0.05) is 17.5 Å². The van der Waals surface area contributed by atoms with Gasteiger partial charge in [0.2, 0.25) is 0 Å². The second-order valence-electron chi connectivity index (χ2n) is 14.0. The lowest BCUT2D eigenvalue weighted by Crippen LogP contribution is -2.66. The maximum absolute atomic E-state index is 12.4. The van der Waals surface area contributed by atoms with Gasteiger partial charge < -0.3 is 35.0 Å². The van der Waals surface area contributed by atoms with Crippen LogP contribution in [0.4, 0.5) is 0 Å². The Labute approximate surface area is 236 Å². The molecule has 1 saturated heterocycles. The van der Waals surface area contributed by atoms with Crippen LogP contribution in [0.3, 0.4) is 0 Å². The van der Waals surface area contributed by atoms with E-state index in [2.05, 4.69) is 13.8 Å². The number of aliphatic hydroxyl groups excluding tert-OH is 4. The summed E-state index contributed by atoms with van der Waals surface area (Å²) in [7, 11) is 1.53. The van der Waals surface area contributed by atoms with Crippen LogP contribution in [0.25, 0.3) is 0 Å². The van der Waals surface area contributed by atoms with Gasteiger partial charge in [0.05, 0.1) is 19.3 Å². The normalized spacial score (nSPS) is 52.5. The first kappa shape index (κ1) is 29.0. The summed E-state index contributed by atoms with van der Waals surface area (Å²) in [6.45, 7) is 4.53. The van der Waals surface area contributed by atoms with Crippen molar-refractivity contribution in [1.82, 2.24) is 5.06 Å². The van der Waals surface area contributed by atoms with Gasteiger partial charge in [0.15, 0.2) is 6.23 Å². The number of aliphatic hydroxyl groups is 5. The Hall–Kier alpha value is -1.11. The first-order valence-electron chi connectivity index (χ1n) is 15.2. The standard InChI is InChI=1S/C30H47NO9/c1-28-9-6-18(31(38-3)27-26(36)25(35)24(34)22(14-32)40-27)13-17(28)4-5-21-20(28)7-10-29(2)19(8-11-30(21,29)37)16-12-23(33)39-15-16/h12,17-22,24-27,32,34-37H,4-11,13-15H2,1-3H3/t17?,18-,19+,20?,21?,22-,24+,25-,26+,27?,28-,29+,30-/m0/s1. The Balaban J connectivity index is 1.19. The molecule has 2 heterocycles. The highest BCUT2D eigenvalue weighted by Gasteiger charge is 2.68. The quantitative estimate of drug-likeness (QED) is 0.244. The maximum atomic E-state index is 12.4. The van der Waals surface area contributed by atoms with E-state index in [0.29, 0.717) is 18.4 Å². The smallest absolute Gasteiger partial charge is 0.331 e. The SMILES string of the molecule is CON(C1O[C@@H](CO)[C@@H](O)[C@H](O)[C@H]1O)[C@H]1CC[C@@]2(C)C(CCC3C2CC[C@]2(C)[C@@H](C4=CC(=O)OC4)CC[C@]32O)C1. The van der Waals surface area contributed by atoms with Gasteiger partial charge in [0.1, 0.15) is 31.0 Å². The number of ether oxygens (including phenoxy) is 2. The maximum Gasteiger partial charge on any atom is 0.331 e. The molecule has 10 heteroatoms. The number of hydrogen-bond donors (Lipinski definition) is 5. The van der Waals surface area contributed by atoms with Crippen molar-refractivity contribution < 1.29 is 44.6 Å². The van der Waals surface area contributed by atoms with Gasteiger partial charge in [-0.3, -0.25) is 4.84 Å². The average Bonchev–Trinajstić information content (AvgIpc) is 3.48. The minimum absolute atomic E-state index is 0.0549. The minimum atomic E-state index is -1.45. The summed E-state index contributed by atoms with van der Waals surface area (Å²) in [5.41, 5.74) is 0.0988. The second-order valence-corrected chi connectivity index (χ2v) is 14.0. The molecule has 0 bridgehead atoms. The molecule has 4 unspecified atom stereocenters. The van der Waals surface area contributed by atoms with Crippen molar-refractivity contribution in [3.63, 3.8) is 0 Å². The number of fused-ring (bicyclic) bond motifs is 5. The minimum Gasteiger partial charge on any atom is -0.458 e. The largest absolute Gasteiger partial charge is 0.458 e. The van der Waals surface area contributed by atoms with Crippen molar-refractivity contribution in [2.45, 2.75) is 114 Å². The Bertz CT molecular complexity index is 1020. The van der Waals surface area contributed by atoms with Crippen molar-refractivity contribution in [3.8, 4) is 0 Å². The molecule has 13 atom stereocenters. The summed E-state index contributed by atoms with van der Waals surface area (Å²) >= 11 is 0. The molecule has 2 aliphatic heterocycles. The topological polar surface area (TPSA) is 149 Å². The van der Waals surface area contributed by atoms with Crippen LogP contribution in [0.15, 0.2) is 11.6 Å². The van der Waals surface area contributed by atoms with Gasteiger partial charge in [-0.05, 0) is 92.4 Å². The predicted octanol–water partition coefficient (Wildman–Crippen LogP) is 1.28. The third kappa shape index (κ3) is 4.08. The molecule has 226 valence electrons. The molecule has 0 spiro atoms. The predicted molar refractivity (Wildman–Crippen MR) is 142 cm³/mol. The number of hydrogen-bond acceptors (Lipinski definition) is 10. The van der Waals surface area contributed by atoms with E-state index in [1.807, 2.05) is 0 Å². The van der Waals surface area contributed by atoms with E-state index < -0.39 is 42.9 Å². The molecule has 10 nitrogen and oxygen atoms in total. The molecule has 0 aromatic heterocycles. The fourth-order valence-corrected chi connectivity index (χ4v) is 10.4. The van der Waals surface area contributed by atoms with Crippen LogP contribution >= 0.6 is 0 Å². The molecule has 0 aromatic rings. The number of nitrogens with zero attached hydrogens (tertiary/aromatic N) is 1. The summed E-state index contributed by atoms with van der Waals surface area (Å²) in [6, 6.07) is -0.0549. The number of carbonyl (C=O) groups is 1. The van der Waals surface area contributed by atoms with Crippen molar-refractivity contribution >= 4 is 5.97 Å². The van der Waals surface area contributed by atoms with E-state index >= 15 is 0 Å². The van der Waals surface area contributed by atoms with Crippen LogP contribution in [0.5, 0.6) is 0 Å². The molecule has 40 heavy (non-hydrogen) atoms. The molecule has 6 aliphatic rings. The highest BCUT2D eigenvalue weighted by Crippen LogP contribution is 2.70. The van der Waals surface area contributed by atoms with Crippen molar-refractivity contribution in [3.05, 3.63) is 11.6 Å². The van der Waals surface area contributed by atoms with Gasteiger partial charge in [-0.25, -0.2) is 4.79 Å². The van der Waals surface area contributed by atoms with Crippen LogP contribution in [0.1, 0.15) is 71.6 Å². The van der Waals surface area contributed by atoms with Crippen molar-refractivity contribution in [1.29, 1.82) is 0 Å². The molecular weight excluding hydrogens is 518 g/mol. The van der Waals surface area contributed by atoms with Crippen LogP contribution < -0.4 is 0 Å². The average molecular weight is 566 g/mol. The zero-order valence-electron chi connectivity index (χ0n) is 23.9. The molecule has 4 aliphatic carbocycles. The zero-order chi connectivity index (χ0) is 28.6. The summed E-state index contributed by atoms with van der Waals surface area (Å²) in [5.74, 6) is 0.949. The first-order chi connectivity index (χ1) is 19.0. The Kier molecular flexibility index (Phi) is 7.43. The fraction of sp³-hybridized carbons (Fsp3) is 0.900. The van der Waals surface area contributed by atoms with Gasteiger partial charge in [-0.2, -0.15) is 5.06 Å². The molecule has 5 fully saturated rings. The van der Waals surface area contributed by atoms with Crippen LogP contribution in [0.2, 0.25) is 0 Å². The summed E-state index contributed by atoms with van der Waals surface area (Å²) in [5, 5.41) is 55.1. The van der Waals surface area contributed by atoms with Crippen molar-refractivity contribution in [2.24, 2.45) is 34.5 Å². The molecule has 5 N–H and O–H groups in total. The van der Waals surface area contributed by atoms with Gasteiger partial charge >= 0.3 is 5.97 Å². The zero-order valence-corrected chi connectivity index (χ0v) is 23.9. The summed E-state index contributed by atoms with van der Waals surface area (Å²) < 4.78 is 11.1. The highest BCUT2D eigenvalue weighted by atomic mass is 16.7. The molecular formula is C30H47NO9. The van der Waals surface area contributed by atoms with Gasteiger partial charge in [-0.1, -0.05) is 13.8 Å². The number of esters is 1. The lowest BCUT2D eigenvalue weighted by Gasteiger charge is -2.64. The number of carbonyl (C=O) groups excluding carboxylic acids is 1. The number of rotatable bonds is 5. The third-order valence-corrected chi connectivity index (χ3v) is 12.6. The van der Waals surface area contributed by atoms with E-state index in [4.69, 9.17) is 14.3 Å². The monoisotopic (exact) mass is 565 g/mol. The fourth-order valence-electron chi connectivity index (χ4n) is 10.4. The lowest BCUT2D eigenvalue weighted by atomic mass is 9.43. The lowest BCUT2D eigenvalue weighted by molar-refractivity contribution is -0.344. The van der Waals surface area contributed by atoms with Crippen molar-refractivity contribution in [2.75, 3.05) is 20.3 Å². The molecule has 4 saturated carbocycles. The van der Waals surface area contributed by atoms with E-state index in [1.165, 1.54) is 7.11 Å². The molecule has 0 amide bonds. The van der Waals surface area contributed by atoms with Gasteiger partial charge in [-0.15, -0.1) is 0 Å². The third-order valence-electron chi connectivity index (χ3n) is 12.6. The Morgan fingerprint density at radius 2 is 1.77 bits per heavy atom. The van der Waals surface area contributed by atoms with Crippen LogP contribution in [-0.2, 0) is 19.1 Å². The highest BCUT2D eigenvalue weighted by molar-refractivity contribution is 5.85. The number of cyclic esters (lactones) is 1. The van der Waals surface area contributed by atoms with E-state index in [-0.39, 0.29) is 34.7 Å². The van der Waals surface area contributed by atoms with E-state index in [9.17, 15) is 30.3 Å². The van der Waals surface area contributed by atoms with Crippen LogP contribution in [0, 0.1) is 34.5 Å². The number of hydroxylamine groups is 2. The summed E-state index contributed by atoms with van der Waals surface area (Å²) in [4.78, 5) is 17.6. The van der Waals surface area contributed by atoms with Gasteiger partial charge in [0.25, 0.3) is 0 Å². The van der Waals surface area contributed by atoms with Crippen LogP contribution in [-0.4, -0.2) is 99.2 Å². The molecule has 0 radical (unpaired) electrons. The van der Waals surface area contributed by atoms with E-state index in [0.717, 1.165) is 63.4 Å². The summed E-state index contributed by atoms with van der Waals surface area (Å²) in [6.07, 6.45) is 3.63. The second kappa shape index (κ2) is 10.3. The first-order valence-corrected chi connectivity index (χ1v) is 15.2. The molecule has 0 aromatic carbocycles.